The summed E-state index contributed by atoms with van der Waals surface area (Å²) in [5.41, 5.74) is 0.805. The van der Waals surface area contributed by atoms with E-state index in [1.807, 2.05) is 0 Å². The Labute approximate surface area is 113 Å². The Balaban J connectivity index is 2.17. The van der Waals surface area contributed by atoms with E-state index < -0.39 is 11.6 Å². The maximum Gasteiger partial charge on any atom is 0.163 e. The van der Waals surface area contributed by atoms with Crippen LogP contribution in [0.3, 0.4) is 0 Å². The Morgan fingerprint density at radius 2 is 1.72 bits per heavy atom. The topological polar surface area (TPSA) is 12.0 Å². The molecule has 0 saturated carbocycles. The van der Waals surface area contributed by atoms with Gasteiger partial charge < -0.3 is 5.32 Å². The van der Waals surface area contributed by atoms with Gasteiger partial charge in [-0.05, 0) is 18.2 Å². The molecule has 18 heavy (non-hydrogen) atoms. The third-order valence-corrected chi connectivity index (χ3v) is 3.27. The molecule has 2 aromatic carbocycles. The lowest BCUT2D eigenvalue weighted by molar-refractivity contribution is 0.500. The van der Waals surface area contributed by atoms with Crippen LogP contribution in [-0.2, 0) is 6.54 Å². The van der Waals surface area contributed by atoms with Crippen molar-refractivity contribution in [3.63, 3.8) is 0 Å². The fourth-order valence-electron chi connectivity index (χ4n) is 1.52. The van der Waals surface area contributed by atoms with E-state index in [1.54, 1.807) is 18.2 Å². The van der Waals surface area contributed by atoms with E-state index in [0.29, 0.717) is 15.7 Å². The first-order chi connectivity index (χ1) is 8.59. The Morgan fingerprint density at radius 3 is 2.50 bits per heavy atom. The maximum atomic E-state index is 13.4. The largest absolute Gasteiger partial charge is 0.380 e. The van der Waals surface area contributed by atoms with E-state index in [-0.39, 0.29) is 12.1 Å². The number of halogens is 4. The monoisotopic (exact) mass is 287 g/mol. The van der Waals surface area contributed by atoms with Crippen molar-refractivity contribution < 1.29 is 8.78 Å². The first-order valence-corrected chi connectivity index (χ1v) is 5.96. The minimum atomic E-state index is -0.869. The molecule has 1 nitrogen and oxygen atoms in total. The van der Waals surface area contributed by atoms with Crippen molar-refractivity contribution in [1.29, 1.82) is 0 Å². The molecule has 5 heteroatoms. The maximum absolute atomic E-state index is 13.4. The predicted molar refractivity (Wildman–Crippen MR) is 70.1 cm³/mol. The molecule has 0 aromatic heterocycles. The second-order valence-electron chi connectivity index (χ2n) is 3.67. The van der Waals surface area contributed by atoms with Gasteiger partial charge in [-0.1, -0.05) is 41.4 Å². The number of benzene rings is 2. The highest BCUT2D eigenvalue weighted by Gasteiger charge is 2.08. The molecular weight excluding hydrogens is 279 g/mol. The van der Waals surface area contributed by atoms with E-state index >= 15 is 0 Å². The van der Waals surface area contributed by atoms with Gasteiger partial charge in [0.2, 0.25) is 0 Å². The summed E-state index contributed by atoms with van der Waals surface area (Å²) in [7, 11) is 0. The summed E-state index contributed by atoms with van der Waals surface area (Å²) in [6, 6.07) is 9.12. The van der Waals surface area contributed by atoms with Gasteiger partial charge in [0.15, 0.2) is 11.6 Å². The molecule has 2 aromatic rings. The van der Waals surface area contributed by atoms with Crippen molar-refractivity contribution in [2.75, 3.05) is 5.32 Å². The van der Waals surface area contributed by atoms with Crippen LogP contribution in [0.2, 0.25) is 10.0 Å². The van der Waals surface area contributed by atoms with Gasteiger partial charge in [0.05, 0.1) is 15.7 Å². The molecule has 0 heterocycles. The second kappa shape index (κ2) is 5.55. The summed E-state index contributed by atoms with van der Waals surface area (Å²) in [5, 5.41) is 3.68. The number of hydrogen-bond acceptors (Lipinski definition) is 1. The molecule has 0 aliphatic carbocycles. The van der Waals surface area contributed by atoms with E-state index in [2.05, 4.69) is 5.32 Å². The lowest BCUT2D eigenvalue weighted by atomic mass is 10.2. The van der Waals surface area contributed by atoms with Gasteiger partial charge in [-0.2, -0.15) is 0 Å². The second-order valence-corrected chi connectivity index (χ2v) is 4.45. The van der Waals surface area contributed by atoms with Crippen molar-refractivity contribution in [2.45, 2.75) is 6.54 Å². The first kappa shape index (κ1) is 13.1. The van der Waals surface area contributed by atoms with Crippen molar-refractivity contribution in [1.82, 2.24) is 0 Å². The summed E-state index contributed by atoms with van der Waals surface area (Å²) in [5.74, 6) is -1.73. The van der Waals surface area contributed by atoms with Crippen LogP contribution in [-0.4, -0.2) is 0 Å². The molecule has 2 rings (SSSR count). The van der Waals surface area contributed by atoms with Gasteiger partial charge in [-0.15, -0.1) is 0 Å². The average molecular weight is 288 g/mol. The van der Waals surface area contributed by atoms with E-state index in [9.17, 15) is 8.78 Å². The van der Waals surface area contributed by atoms with Gasteiger partial charge in [0.1, 0.15) is 0 Å². The Hall–Kier alpha value is -1.32. The smallest absolute Gasteiger partial charge is 0.163 e. The summed E-state index contributed by atoms with van der Waals surface area (Å²) >= 11 is 11.8. The molecule has 0 aliphatic rings. The molecule has 0 aliphatic heterocycles. The summed E-state index contributed by atoms with van der Waals surface area (Å²) in [4.78, 5) is 0. The van der Waals surface area contributed by atoms with Crippen LogP contribution in [0.4, 0.5) is 14.5 Å². The predicted octanol–water partition coefficient (Wildman–Crippen LogP) is 4.88. The highest BCUT2D eigenvalue weighted by atomic mass is 35.5. The van der Waals surface area contributed by atoms with Crippen molar-refractivity contribution in [3.05, 3.63) is 63.6 Å². The van der Waals surface area contributed by atoms with Gasteiger partial charge in [-0.25, -0.2) is 8.78 Å². The zero-order chi connectivity index (χ0) is 13.1. The lowest BCUT2D eigenvalue weighted by Crippen LogP contribution is -2.03. The molecule has 0 saturated heterocycles. The standard InChI is InChI=1S/C13H9Cl2F2N/c14-9-4-2-6-11(12(9)15)18-7-8-3-1-5-10(16)13(8)17/h1-6,18H,7H2. The average Bonchev–Trinajstić information content (AvgIpc) is 2.36. The highest BCUT2D eigenvalue weighted by Crippen LogP contribution is 2.29. The molecule has 0 amide bonds. The summed E-state index contributed by atoms with van der Waals surface area (Å²) in [6.45, 7) is 0.129. The molecule has 0 atom stereocenters. The van der Waals surface area contributed by atoms with Crippen molar-refractivity contribution in [2.24, 2.45) is 0 Å². The normalized spacial score (nSPS) is 10.4. The number of hydrogen-bond donors (Lipinski definition) is 1. The molecule has 0 spiro atoms. The molecule has 1 N–H and O–H groups in total. The fourth-order valence-corrected chi connectivity index (χ4v) is 1.88. The van der Waals surface area contributed by atoms with Crippen LogP contribution in [0.25, 0.3) is 0 Å². The molecule has 94 valence electrons. The van der Waals surface area contributed by atoms with E-state index in [0.717, 1.165) is 6.07 Å². The zero-order valence-electron chi connectivity index (χ0n) is 9.18. The third kappa shape index (κ3) is 2.74. The summed E-state index contributed by atoms with van der Waals surface area (Å²) < 4.78 is 26.4. The van der Waals surface area contributed by atoms with Crippen LogP contribution in [0, 0.1) is 11.6 Å². The van der Waals surface area contributed by atoms with E-state index in [4.69, 9.17) is 23.2 Å². The van der Waals surface area contributed by atoms with Crippen LogP contribution < -0.4 is 5.32 Å². The molecule has 0 radical (unpaired) electrons. The molecular formula is C13H9Cl2F2N. The number of nitrogens with one attached hydrogen (secondary N) is 1. The van der Waals surface area contributed by atoms with Crippen LogP contribution in [0.5, 0.6) is 0 Å². The Morgan fingerprint density at radius 1 is 1.00 bits per heavy atom. The molecule has 0 unspecified atom stereocenters. The van der Waals surface area contributed by atoms with Crippen molar-refractivity contribution in [3.8, 4) is 0 Å². The lowest BCUT2D eigenvalue weighted by Gasteiger charge is -2.10. The minimum absolute atomic E-state index is 0.129. The Bertz CT molecular complexity index is 521. The van der Waals surface area contributed by atoms with Crippen LogP contribution >= 0.6 is 23.2 Å². The number of anilines is 1. The highest BCUT2D eigenvalue weighted by molar-refractivity contribution is 6.43. The van der Waals surface area contributed by atoms with Gasteiger partial charge in [0.25, 0.3) is 0 Å². The number of rotatable bonds is 3. The fraction of sp³-hybridized carbons (Fsp3) is 0.0769. The van der Waals surface area contributed by atoms with Gasteiger partial charge in [0, 0.05) is 12.1 Å². The molecule has 0 fully saturated rings. The SMILES string of the molecule is Fc1cccc(CNc2cccc(Cl)c2Cl)c1F. The first-order valence-electron chi connectivity index (χ1n) is 5.20. The van der Waals surface area contributed by atoms with Crippen LogP contribution in [0.1, 0.15) is 5.56 Å². The van der Waals surface area contributed by atoms with Gasteiger partial charge >= 0.3 is 0 Å². The quantitative estimate of drug-likeness (QED) is 0.848. The Kier molecular flexibility index (Phi) is 4.04. The van der Waals surface area contributed by atoms with Crippen LogP contribution in [0.15, 0.2) is 36.4 Å². The minimum Gasteiger partial charge on any atom is -0.380 e. The summed E-state index contributed by atoms with van der Waals surface area (Å²) in [6.07, 6.45) is 0. The van der Waals surface area contributed by atoms with E-state index in [1.165, 1.54) is 12.1 Å². The van der Waals surface area contributed by atoms with Gasteiger partial charge in [-0.3, -0.25) is 0 Å². The zero-order valence-corrected chi connectivity index (χ0v) is 10.7. The molecule has 0 bridgehead atoms. The van der Waals surface area contributed by atoms with Crippen molar-refractivity contribution >= 4 is 28.9 Å². The third-order valence-electron chi connectivity index (χ3n) is 2.45.